The Bertz CT molecular complexity index is 720. The third-order valence-electron chi connectivity index (χ3n) is 4.29. The van der Waals surface area contributed by atoms with Crippen LogP contribution in [0.2, 0.25) is 0 Å². The molecular weight excluding hydrogens is 314 g/mol. The Hall–Kier alpha value is -2.77. The molecule has 0 radical (unpaired) electrons. The molecule has 0 saturated carbocycles. The van der Waals surface area contributed by atoms with Crippen molar-refractivity contribution in [1.82, 2.24) is 15.5 Å². The van der Waals surface area contributed by atoms with Crippen molar-refractivity contribution in [3.8, 4) is 11.5 Å². The van der Waals surface area contributed by atoms with Crippen LogP contribution in [0.3, 0.4) is 0 Å². The third kappa shape index (κ3) is 2.34. The number of ether oxygens (including phenoxy) is 2. The molecule has 2 heterocycles. The zero-order chi connectivity index (χ0) is 17.5. The first-order chi connectivity index (χ1) is 11.4. The molecule has 0 bridgehead atoms. The van der Waals surface area contributed by atoms with E-state index in [9.17, 15) is 14.4 Å². The highest BCUT2D eigenvalue weighted by Gasteiger charge is 2.52. The van der Waals surface area contributed by atoms with Gasteiger partial charge in [-0.15, -0.1) is 0 Å². The number of nitrogens with zero attached hydrogens (tertiary/aromatic N) is 1. The van der Waals surface area contributed by atoms with Gasteiger partial charge in [0.2, 0.25) is 12.7 Å². The van der Waals surface area contributed by atoms with Crippen LogP contribution in [0.15, 0.2) is 18.2 Å². The number of carbonyl (C=O) groups is 3. The molecular formula is C16H19N3O5. The minimum Gasteiger partial charge on any atom is -0.454 e. The summed E-state index contributed by atoms with van der Waals surface area (Å²) in [5.74, 6) is 0.249. The molecule has 1 aromatic rings. The van der Waals surface area contributed by atoms with Gasteiger partial charge in [-0.25, -0.2) is 9.69 Å². The van der Waals surface area contributed by atoms with Gasteiger partial charge in [0.1, 0.15) is 11.6 Å². The van der Waals surface area contributed by atoms with E-state index in [4.69, 9.17) is 9.47 Å². The summed E-state index contributed by atoms with van der Waals surface area (Å²) in [6, 6.07) is 3.57. The molecule has 24 heavy (non-hydrogen) atoms. The van der Waals surface area contributed by atoms with E-state index in [2.05, 4.69) is 10.6 Å². The van der Waals surface area contributed by atoms with Gasteiger partial charge in [0, 0.05) is 6.54 Å². The summed E-state index contributed by atoms with van der Waals surface area (Å²) in [5, 5.41) is 5.29. The van der Waals surface area contributed by atoms with E-state index < -0.39 is 23.5 Å². The van der Waals surface area contributed by atoms with Gasteiger partial charge in [-0.2, -0.15) is 0 Å². The summed E-state index contributed by atoms with van der Waals surface area (Å²) in [5.41, 5.74) is -0.700. The standard InChI is InChI=1S/C16H19N3O5/c1-4-17-13(20)9(2)19-14(21)16(3,18-15(19)22)10-5-6-11-12(7-10)24-8-23-11/h5-7,9H,4,8H2,1-3H3,(H,17,20)(H,18,22)/t9-,16-/m1/s1. The molecule has 1 aromatic carbocycles. The molecule has 1 fully saturated rings. The largest absolute Gasteiger partial charge is 0.454 e. The van der Waals surface area contributed by atoms with E-state index in [1.54, 1.807) is 32.0 Å². The summed E-state index contributed by atoms with van der Waals surface area (Å²) in [7, 11) is 0. The Balaban J connectivity index is 1.91. The van der Waals surface area contributed by atoms with E-state index in [0.29, 0.717) is 23.6 Å². The molecule has 1 saturated heterocycles. The number of rotatable bonds is 4. The first-order valence-electron chi connectivity index (χ1n) is 7.72. The van der Waals surface area contributed by atoms with Crippen molar-refractivity contribution in [3.63, 3.8) is 0 Å². The lowest BCUT2D eigenvalue weighted by Gasteiger charge is -2.24. The molecule has 2 atom stereocenters. The van der Waals surface area contributed by atoms with Gasteiger partial charge >= 0.3 is 6.03 Å². The van der Waals surface area contributed by atoms with Gasteiger partial charge < -0.3 is 20.1 Å². The van der Waals surface area contributed by atoms with Crippen molar-refractivity contribution in [2.24, 2.45) is 0 Å². The molecule has 8 nitrogen and oxygen atoms in total. The highest BCUT2D eigenvalue weighted by atomic mass is 16.7. The predicted octanol–water partition coefficient (Wildman–Crippen LogP) is 0.707. The summed E-state index contributed by atoms with van der Waals surface area (Å²) in [6.45, 7) is 5.44. The molecule has 128 valence electrons. The van der Waals surface area contributed by atoms with Crippen molar-refractivity contribution in [2.75, 3.05) is 13.3 Å². The first-order valence-corrected chi connectivity index (χ1v) is 7.72. The number of benzene rings is 1. The van der Waals surface area contributed by atoms with Crippen molar-refractivity contribution in [3.05, 3.63) is 23.8 Å². The van der Waals surface area contributed by atoms with Gasteiger partial charge in [-0.3, -0.25) is 9.59 Å². The lowest BCUT2D eigenvalue weighted by molar-refractivity contribution is -0.137. The van der Waals surface area contributed by atoms with Crippen molar-refractivity contribution in [2.45, 2.75) is 32.4 Å². The topological polar surface area (TPSA) is 97.0 Å². The summed E-state index contributed by atoms with van der Waals surface area (Å²) in [6.07, 6.45) is 0. The number of urea groups is 1. The fourth-order valence-corrected chi connectivity index (χ4v) is 2.85. The highest BCUT2D eigenvalue weighted by molar-refractivity contribution is 6.10. The van der Waals surface area contributed by atoms with Gasteiger partial charge in [0.05, 0.1) is 0 Å². The second-order valence-corrected chi connectivity index (χ2v) is 5.87. The van der Waals surface area contributed by atoms with Crippen LogP contribution in [0.4, 0.5) is 4.79 Å². The zero-order valence-electron chi connectivity index (χ0n) is 13.7. The molecule has 0 aromatic heterocycles. The van der Waals surface area contributed by atoms with Crippen LogP contribution < -0.4 is 20.1 Å². The molecule has 2 aliphatic heterocycles. The fourth-order valence-electron chi connectivity index (χ4n) is 2.85. The number of likely N-dealkylation sites (N-methyl/N-ethyl adjacent to an activating group) is 1. The Morgan fingerprint density at radius 2 is 2.08 bits per heavy atom. The van der Waals surface area contributed by atoms with Crippen molar-refractivity contribution < 1.29 is 23.9 Å². The van der Waals surface area contributed by atoms with Crippen molar-refractivity contribution in [1.29, 1.82) is 0 Å². The molecule has 0 aliphatic carbocycles. The Kier molecular flexibility index (Phi) is 3.82. The quantitative estimate of drug-likeness (QED) is 0.791. The number of hydrogen-bond acceptors (Lipinski definition) is 5. The van der Waals surface area contributed by atoms with Gasteiger partial charge in [-0.1, -0.05) is 6.07 Å². The second kappa shape index (κ2) is 5.70. The molecule has 0 unspecified atom stereocenters. The van der Waals surface area contributed by atoms with Gasteiger partial charge in [-0.05, 0) is 38.5 Å². The Morgan fingerprint density at radius 1 is 1.38 bits per heavy atom. The van der Waals surface area contributed by atoms with Crippen LogP contribution in [0.1, 0.15) is 26.3 Å². The molecule has 3 rings (SSSR count). The van der Waals surface area contributed by atoms with Crippen LogP contribution >= 0.6 is 0 Å². The average molecular weight is 333 g/mol. The van der Waals surface area contributed by atoms with Crippen LogP contribution in [-0.2, 0) is 15.1 Å². The molecule has 0 spiro atoms. The number of carbonyl (C=O) groups excluding carboxylic acids is 3. The molecule has 2 aliphatic rings. The maximum atomic E-state index is 12.9. The van der Waals surface area contributed by atoms with Crippen molar-refractivity contribution >= 4 is 17.8 Å². The molecule has 8 heteroatoms. The van der Waals surface area contributed by atoms with E-state index in [-0.39, 0.29) is 12.7 Å². The molecule has 4 amide bonds. The van der Waals surface area contributed by atoms with Crippen LogP contribution in [0.25, 0.3) is 0 Å². The number of nitrogens with one attached hydrogen (secondary N) is 2. The number of imide groups is 1. The highest BCUT2D eigenvalue weighted by Crippen LogP contribution is 2.38. The number of fused-ring (bicyclic) bond motifs is 1. The third-order valence-corrected chi connectivity index (χ3v) is 4.29. The van der Waals surface area contributed by atoms with E-state index in [0.717, 1.165) is 4.90 Å². The predicted molar refractivity (Wildman–Crippen MR) is 83.4 cm³/mol. The first kappa shape index (κ1) is 16.1. The van der Waals surface area contributed by atoms with E-state index >= 15 is 0 Å². The summed E-state index contributed by atoms with van der Waals surface area (Å²) < 4.78 is 10.6. The normalized spacial score (nSPS) is 23.2. The maximum absolute atomic E-state index is 12.9. The SMILES string of the molecule is CCNC(=O)[C@@H](C)N1C(=O)N[C@](C)(c2ccc3c(c2)OCO3)C1=O. The maximum Gasteiger partial charge on any atom is 0.326 e. The summed E-state index contributed by atoms with van der Waals surface area (Å²) >= 11 is 0. The van der Waals surface area contributed by atoms with Gasteiger partial charge in [0.25, 0.3) is 5.91 Å². The van der Waals surface area contributed by atoms with Crippen LogP contribution in [-0.4, -0.2) is 42.1 Å². The minimum absolute atomic E-state index is 0.121. The lowest BCUT2D eigenvalue weighted by Crippen LogP contribution is -2.49. The van der Waals surface area contributed by atoms with Crippen LogP contribution in [0.5, 0.6) is 11.5 Å². The van der Waals surface area contributed by atoms with E-state index in [1.165, 1.54) is 6.92 Å². The minimum atomic E-state index is -1.27. The number of amides is 4. The fraction of sp³-hybridized carbons (Fsp3) is 0.438. The average Bonchev–Trinajstić information content (AvgIpc) is 3.10. The zero-order valence-corrected chi connectivity index (χ0v) is 13.7. The monoisotopic (exact) mass is 333 g/mol. The molecule has 2 N–H and O–H groups in total. The van der Waals surface area contributed by atoms with Gasteiger partial charge in [0.15, 0.2) is 11.5 Å². The smallest absolute Gasteiger partial charge is 0.326 e. The summed E-state index contributed by atoms with van der Waals surface area (Å²) in [4.78, 5) is 38.1. The second-order valence-electron chi connectivity index (χ2n) is 5.87. The lowest BCUT2D eigenvalue weighted by atomic mass is 9.91. The Morgan fingerprint density at radius 3 is 2.79 bits per heavy atom. The van der Waals surface area contributed by atoms with E-state index in [1.807, 2.05) is 0 Å². The Labute approximate surface area is 139 Å². The number of hydrogen-bond donors (Lipinski definition) is 2. The van der Waals surface area contributed by atoms with Crippen LogP contribution in [0, 0.1) is 0 Å².